The van der Waals surface area contributed by atoms with Crippen molar-refractivity contribution < 1.29 is 9.90 Å². The third-order valence-electron chi connectivity index (χ3n) is 4.02. The number of carbonyl (C=O) groups excluding carboxylic acids is 1. The summed E-state index contributed by atoms with van der Waals surface area (Å²) in [4.78, 5) is 10.9. The zero-order valence-electron chi connectivity index (χ0n) is 14.8. The number of hydrogen-bond acceptors (Lipinski definition) is 3. The van der Waals surface area contributed by atoms with E-state index in [2.05, 4.69) is 17.5 Å². The monoisotopic (exact) mass is 333 g/mol. The van der Waals surface area contributed by atoms with Crippen molar-refractivity contribution >= 4 is 11.7 Å². The summed E-state index contributed by atoms with van der Waals surface area (Å²) in [6.07, 6.45) is 12.1. The number of rotatable bonds is 12. The van der Waals surface area contributed by atoms with E-state index < -0.39 is 6.03 Å². The van der Waals surface area contributed by atoms with Gasteiger partial charge in [-0.1, -0.05) is 58.3 Å². The van der Waals surface area contributed by atoms with E-state index >= 15 is 0 Å². The van der Waals surface area contributed by atoms with Crippen molar-refractivity contribution in [2.75, 3.05) is 0 Å². The molecule has 0 fully saturated rings. The summed E-state index contributed by atoms with van der Waals surface area (Å²) in [6, 6.07) is 6.16. The van der Waals surface area contributed by atoms with Gasteiger partial charge in [-0.3, -0.25) is 0 Å². The van der Waals surface area contributed by atoms with Gasteiger partial charge in [0.15, 0.2) is 0 Å². The van der Waals surface area contributed by atoms with Crippen LogP contribution >= 0.6 is 0 Å². The van der Waals surface area contributed by atoms with Crippen LogP contribution in [0, 0.1) is 0 Å². The lowest BCUT2D eigenvalue weighted by molar-refractivity contribution is 0.249. The largest absolute Gasteiger partial charge is 0.508 e. The molecule has 5 heteroatoms. The number of carbonyl (C=O) groups is 1. The number of primary amides is 1. The first-order valence-electron chi connectivity index (χ1n) is 9.05. The summed E-state index contributed by atoms with van der Waals surface area (Å²) in [6.45, 7) is 2.24. The Balaban J connectivity index is 2.34. The highest BCUT2D eigenvalue weighted by Crippen LogP contribution is 2.15. The van der Waals surface area contributed by atoms with E-state index in [4.69, 9.17) is 5.73 Å². The van der Waals surface area contributed by atoms with Crippen LogP contribution in [0.2, 0.25) is 0 Å². The number of benzene rings is 1. The topological polar surface area (TPSA) is 87.7 Å². The normalized spacial score (nSPS) is 11.5. The van der Waals surface area contributed by atoms with Crippen molar-refractivity contribution in [3.63, 3.8) is 0 Å². The molecule has 0 saturated carbocycles. The average Bonchev–Trinajstić information content (AvgIpc) is 2.57. The van der Waals surface area contributed by atoms with Crippen LogP contribution in [-0.4, -0.2) is 16.8 Å². The first kappa shape index (κ1) is 20.0. The minimum Gasteiger partial charge on any atom is -0.508 e. The van der Waals surface area contributed by atoms with Gasteiger partial charge in [-0.2, -0.15) is 5.10 Å². The standard InChI is InChI=1S/C19H31N3O2/c1-2-3-4-5-6-7-8-9-10-11-18(21-22-19(20)24)16-12-14-17(23)15-13-16/h12-15,23H,2-11H2,1H3,(H3,20,22,24)/b21-18+. The summed E-state index contributed by atoms with van der Waals surface area (Å²) in [5.41, 5.74) is 9.07. The van der Waals surface area contributed by atoms with E-state index in [0.717, 1.165) is 30.5 Å². The number of nitrogens with zero attached hydrogens (tertiary/aromatic N) is 1. The second-order valence-electron chi connectivity index (χ2n) is 6.16. The van der Waals surface area contributed by atoms with E-state index in [0.29, 0.717) is 0 Å². The van der Waals surface area contributed by atoms with Crippen LogP contribution in [0.25, 0.3) is 0 Å². The van der Waals surface area contributed by atoms with E-state index in [-0.39, 0.29) is 5.75 Å². The van der Waals surface area contributed by atoms with E-state index in [1.165, 1.54) is 44.9 Å². The molecule has 0 aromatic heterocycles. The van der Waals surface area contributed by atoms with E-state index in [9.17, 15) is 9.90 Å². The first-order valence-corrected chi connectivity index (χ1v) is 9.05. The summed E-state index contributed by atoms with van der Waals surface area (Å²) in [5, 5.41) is 13.5. The number of amides is 2. The second-order valence-corrected chi connectivity index (χ2v) is 6.16. The van der Waals surface area contributed by atoms with Crippen LogP contribution in [0.1, 0.15) is 76.7 Å². The van der Waals surface area contributed by atoms with Gasteiger partial charge in [0.05, 0.1) is 5.71 Å². The molecule has 2 amide bonds. The molecule has 24 heavy (non-hydrogen) atoms. The van der Waals surface area contributed by atoms with Crippen LogP contribution < -0.4 is 11.2 Å². The molecule has 0 saturated heterocycles. The van der Waals surface area contributed by atoms with Gasteiger partial charge < -0.3 is 10.8 Å². The van der Waals surface area contributed by atoms with Gasteiger partial charge in [0.25, 0.3) is 0 Å². The smallest absolute Gasteiger partial charge is 0.332 e. The third-order valence-corrected chi connectivity index (χ3v) is 4.02. The number of urea groups is 1. The molecule has 0 aliphatic rings. The fourth-order valence-corrected chi connectivity index (χ4v) is 2.64. The number of aromatic hydroxyl groups is 1. The fourth-order valence-electron chi connectivity index (χ4n) is 2.64. The Morgan fingerprint density at radius 2 is 1.54 bits per heavy atom. The molecule has 0 heterocycles. The van der Waals surface area contributed by atoms with Gasteiger partial charge >= 0.3 is 6.03 Å². The SMILES string of the molecule is CCCCCCCCCCC/C(=N\NC(N)=O)c1ccc(O)cc1. The molecule has 0 spiro atoms. The molecular formula is C19H31N3O2. The molecule has 0 bridgehead atoms. The highest BCUT2D eigenvalue weighted by molar-refractivity contribution is 6.01. The van der Waals surface area contributed by atoms with Gasteiger partial charge in [0.1, 0.15) is 5.75 Å². The maximum absolute atomic E-state index is 10.9. The van der Waals surface area contributed by atoms with Crippen molar-refractivity contribution in [3.05, 3.63) is 29.8 Å². The van der Waals surface area contributed by atoms with Gasteiger partial charge in [0.2, 0.25) is 0 Å². The summed E-state index contributed by atoms with van der Waals surface area (Å²) in [7, 11) is 0. The number of nitrogens with two attached hydrogens (primary N) is 1. The van der Waals surface area contributed by atoms with Crippen LogP contribution in [0.15, 0.2) is 29.4 Å². The van der Waals surface area contributed by atoms with Gasteiger partial charge in [-0.15, -0.1) is 0 Å². The van der Waals surface area contributed by atoms with Gasteiger partial charge in [0, 0.05) is 0 Å². The van der Waals surface area contributed by atoms with E-state index in [1.807, 2.05) is 0 Å². The van der Waals surface area contributed by atoms with Crippen molar-refractivity contribution in [2.24, 2.45) is 10.8 Å². The van der Waals surface area contributed by atoms with Crippen molar-refractivity contribution in [3.8, 4) is 5.75 Å². The Hall–Kier alpha value is -2.04. The third kappa shape index (κ3) is 9.18. The second kappa shape index (κ2) is 12.4. The van der Waals surface area contributed by atoms with Crippen molar-refractivity contribution in [1.29, 1.82) is 0 Å². The van der Waals surface area contributed by atoms with Crippen LogP contribution in [0.5, 0.6) is 5.75 Å². The molecule has 1 aromatic carbocycles. The Morgan fingerprint density at radius 3 is 2.08 bits per heavy atom. The number of unbranched alkanes of at least 4 members (excludes halogenated alkanes) is 8. The number of phenols is 1. The molecule has 5 nitrogen and oxygen atoms in total. The average molecular weight is 333 g/mol. The zero-order chi connectivity index (χ0) is 17.6. The van der Waals surface area contributed by atoms with Crippen molar-refractivity contribution in [1.82, 2.24) is 5.43 Å². The van der Waals surface area contributed by atoms with Crippen LogP contribution in [0.3, 0.4) is 0 Å². The molecule has 0 aliphatic carbocycles. The fraction of sp³-hybridized carbons (Fsp3) is 0.579. The number of hydrazone groups is 1. The quantitative estimate of drug-likeness (QED) is 0.294. The molecule has 0 unspecified atom stereocenters. The highest BCUT2D eigenvalue weighted by Gasteiger charge is 2.05. The maximum atomic E-state index is 10.9. The molecule has 134 valence electrons. The lowest BCUT2D eigenvalue weighted by Crippen LogP contribution is -2.26. The molecule has 0 radical (unpaired) electrons. The van der Waals surface area contributed by atoms with Gasteiger partial charge in [-0.25, -0.2) is 10.2 Å². The van der Waals surface area contributed by atoms with E-state index in [1.54, 1.807) is 24.3 Å². The number of nitrogens with one attached hydrogen (secondary N) is 1. The predicted octanol–water partition coefficient (Wildman–Crippen LogP) is 4.69. The molecular weight excluding hydrogens is 302 g/mol. The molecule has 1 rings (SSSR count). The molecule has 1 aromatic rings. The minimum atomic E-state index is -0.668. The van der Waals surface area contributed by atoms with Crippen LogP contribution in [0.4, 0.5) is 4.79 Å². The lowest BCUT2D eigenvalue weighted by Gasteiger charge is -2.07. The van der Waals surface area contributed by atoms with Crippen molar-refractivity contribution in [2.45, 2.75) is 71.1 Å². The lowest BCUT2D eigenvalue weighted by atomic mass is 10.0. The summed E-state index contributed by atoms with van der Waals surface area (Å²) >= 11 is 0. The molecule has 0 atom stereocenters. The zero-order valence-corrected chi connectivity index (χ0v) is 14.8. The Morgan fingerprint density at radius 1 is 1.00 bits per heavy atom. The Labute approximate surface area is 145 Å². The molecule has 4 N–H and O–H groups in total. The van der Waals surface area contributed by atoms with Crippen LogP contribution in [-0.2, 0) is 0 Å². The highest BCUT2D eigenvalue weighted by atomic mass is 16.3. The maximum Gasteiger partial charge on any atom is 0.332 e. The minimum absolute atomic E-state index is 0.212. The first-order chi connectivity index (χ1) is 11.6. The molecule has 0 aliphatic heterocycles. The van der Waals surface area contributed by atoms with Gasteiger partial charge in [-0.05, 0) is 42.7 Å². The Kier molecular flexibility index (Phi) is 10.3. The predicted molar refractivity (Wildman–Crippen MR) is 99.2 cm³/mol. The summed E-state index contributed by atoms with van der Waals surface area (Å²) < 4.78 is 0. The number of phenolic OH excluding ortho intramolecular Hbond substituents is 1. The summed E-state index contributed by atoms with van der Waals surface area (Å²) in [5.74, 6) is 0.212. The Bertz CT molecular complexity index is 498. The number of hydrogen-bond donors (Lipinski definition) is 3.